The minimum Gasteiger partial charge on any atom is -0.379 e. The van der Waals surface area contributed by atoms with Crippen LogP contribution in [0.4, 0.5) is 4.39 Å². The predicted octanol–water partition coefficient (Wildman–Crippen LogP) is 1.47. The number of ether oxygens (including phenoxy) is 1. The fraction of sp³-hybridized carbons (Fsp3) is 0.467. The lowest BCUT2D eigenvalue weighted by molar-refractivity contribution is -0.0479. The van der Waals surface area contributed by atoms with Gasteiger partial charge in [0.1, 0.15) is 0 Å². The van der Waals surface area contributed by atoms with Gasteiger partial charge in [-0.3, -0.25) is 9.88 Å². The summed E-state index contributed by atoms with van der Waals surface area (Å²) >= 11 is 0. The Morgan fingerprint density at radius 3 is 3.05 bits per heavy atom. The third-order valence-electron chi connectivity index (χ3n) is 3.85. The number of aromatic nitrogens is 1. The molecule has 3 rings (SSSR count). The van der Waals surface area contributed by atoms with Crippen molar-refractivity contribution in [2.75, 3.05) is 26.8 Å². The number of hydrogen-bond donors (Lipinski definition) is 0. The Balaban J connectivity index is 1.90. The molecule has 2 aliphatic rings. The Hall–Kier alpha value is -1.79. The molecule has 2 aliphatic heterocycles. The summed E-state index contributed by atoms with van der Waals surface area (Å²) in [6.45, 7) is 4.34. The first-order valence-corrected chi connectivity index (χ1v) is 7.08. The number of hydrogen-bond acceptors (Lipinski definition) is 5. The normalized spacial score (nSPS) is 26.8. The van der Waals surface area contributed by atoms with E-state index in [1.165, 1.54) is 6.20 Å². The quantitative estimate of drug-likeness (QED) is 0.827. The van der Waals surface area contributed by atoms with Crippen molar-refractivity contribution in [2.24, 2.45) is 4.99 Å². The number of morpholine rings is 1. The van der Waals surface area contributed by atoms with Gasteiger partial charge in [-0.2, -0.15) is 0 Å². The van der Waals surface area contributed by atoms with Crippen LogP contribution in [-0.4, -0.2) is 59.6 Å². The van der Waals surface area contributed by atoms with Gasteiger partial charge in [-0.1, -0.05) is 0 Å². The number of nitrogens with zero attached hydrogens (tertiary/aromatic N) is 4. The Labute approximate surface area is 123 Å². The molecule has 1 aromatic rings. The van der Waals surface area contributed by atoms with E-state index in [0.29, 0.717) is 24.5 Å². The summed E-state index contributed by atoms with van der Waals surface area (Å²) in [5.74, 6) is -0.348. The lowest BCUT2D eigenvalue weighted by Crippen LogP contribution is -2.54. The van der Waals surface area contributed by atoms with Crippen LogP contribution in [0.15, 0.2) is 35.7 Å². The molecular weight excluding hydrogens is 271 g/mol. The van der Waals surface area contributed by atoms with Crippen LogP contribution in [-0.2, 0) is 4.74 Å². The van der Waals surface area contributed by atoms with Gasteiger partial charge in [0.15, 0.2) is 12.1 Å². The molecule has 5 nitrogen and oxygen atoms in total. The fourth-order valence-electron chi connectivity index (χ4n) is 2.66. The van der Waals surface area contributed by atoms with E-state index in [-0.39, 0.29) is 18.1 Å². The highest BCUT2D eigenvalue weighted by Crippen LogP contribution is 2.20. The number of rotatable bonds is 2. The van der Waals surface area contributed by atoms with Crippen LogP contribution in [0.2, 0.25) is 0 Å². The van der Waals surface area contributed by atoms with E-state index in [9.17, 15) is 4.39 Å². The average molecular weight is 290 g/mol. The number of aliphatic imine (C=N–C) groups is 1. The van der Waals surface area contributed by atoms with Crippen LogP contribution in [0, 0.1) is 5.82 Å². The van der Waals surface area contributed by atoms with Crippen molar-refractivity contribution in [2.45, 2.75) is 19.3 Å². The van der Waals surface area contributed by atoms with Crippen molar-refractivity contribution in [1.82, 2.24) is 14.8 Å². The van der Waals surface area contributed by atoms with Crippen molar-refractivity contribution >= 4 is 5.71 Å². The van der Waals surface area contributed by atoms with Gasteiger partial charge in [-0.05, 0) is 19.1 Å². The summed E-state index contributed by atoms with van der Waals surface area (Å²) in [4.78, 5) is 12.8. The first-order valence-electron chi connectivity index (χ1n) is 7.08. The van der Waals surface area contributed by atoms with Crippen molar-refractivity contribution < 1.29 is 9.13 Å². The van der Waals surface area contributed by atoms with Gasteiger partial charge in [-0.25, -0.2) is 9.38 Å². The predicted molar refractivity (Wildman–Crippen MR) is 78.4 cm³/mol. The van der Waals surface area contributed by atoms with Crippen molar-refractivity contribution in [3.8, 4) is 0 Å². The summed E-state index contributed by atoms with van der Waals surface area (Å²) in [5.41, 5.74) is 1.14. The van der Waals surface area contributed by atoms with E-state index < -0.39 is 0 Å². The van der Waals surface area contributed by atoms with E-state index in [4.69, 9.17) is 9.73 Å². The molecule has 0 radical (unpaired) electrons. The molecule has 0 saturated carbocycles. The second kappa shape index (κ2) is 5.91. The molecule has 0 amide bonds. The lowest BCUT2D eigenvalue weighted by atomic mass is 10.1. The first-order chi connectivity index (χ1) is 10.2. The van der Waals surface area contributed by atoms with E-state index in [1.54, 1.807) is 12.3 Å². The zero-order chi connectivity index (χ0) is 14.8. The summed E-state index contributed by atoms with van der Waals surface area (Å²) < 4.78 is 19.4. The van der Waals surface area contributed by atoms with E-state index >= 15 is 0 Å². The average Bonchev–Trinajstić information content (AvgIpc) is 2.49. The number of halogens is 1. The lowest BCUT2D eigenvalue weighted by Gasteiger charge is -2.42. The second-order valence-corrected chi connectivity index (χ2v) is 5.36. The third-order valence-corrected chi connectivity index (χ3v) is 3.85. The summed E-state index contributed by atoms with van der Waals surface area (Å²) in [7, 11) is 1.98. The van der Waals surface area contributed by atoms with Crippen LogP contribution in [0.1, 0.15) is 12.5 Å². The SMILES string of the molecule is C[C@@H]1COCCN1C1N=C(c2ccncc2F)C=CN1C. The monoisotopic (exact) mass is 290 g/mol. The minimum atomic E-state index is -0.348. The standard InChI is InChI=1S/C15H19FN4O/c1-11-10-21-8-7-20(11)15-18-14(4-6-19(15)2)12-3-5-17-9-13(12)16/h3-6,9,11,15H,7-8,10H2,1-2H3/t11-,15?/m1/s1. The molecule has 0 aromatic carbocycles. The molecule has 112 valence electrons. The smallest absolute Gasteiger partial charge is 0.179 e. The Morgan fingerprint density at radius 1 is 1.43 bits per heavy atom. The fourth-order valence-corrected chi connectivity index (χ4v) is 2.66. The van der Waals surface area contributed by atoms with Gasteiger partial charge in [0.05, 0.1) is 25.1 Å². The molecule has 3 heterocycles. The van der Waals surface area contributed by atoms with Crippen LogP contribution in [0.25, 0.3) is 0 Å². The van der Waals surface area contributed by atoms with Crippen LogP contribution >= 0.6 is 0 Å². The maximum absolute atomic E-state index is 13.9. The van der Waals surface area contributed by atoms with E-state index in [1.807, 2.05) is 24.2 Å². The largest absolute Gasteiger partial charge is 0.379 e. The van der Waals surface area contributed by atoms with Crippen LogP contribution in [0.3, 0.4) is 0 Å². The molecule has 6 heteroatoms. The molecular formula is C15H19FN4O. The zero-order valence-corrected chi connectivity index (χ0v) is 12.2. The highest BCUT2D eigenvalue weighted by atomic mass is 19.1. The molecule has 1 unspecified atom stereocenters. The molecule has 0 aliphatic carbocycles. The van der Waals surface area contributed by atoms with Gasteiger partial charge in [0.2, 0.25) is 0 Å². The van der Waals surface area contributed by atoms with E-state index in [2.05, 4.69) is 16.8 Å². The van der Waals surface area contributed by atoms with E-state index in [0.717, 1.165) is 6.54 Å². The maximum Gasteiger partial charge on any atom is 0.179 e. The van der Waals surface area contributed by atoms with Gasteiger partial charge in [0.25, 0.3) is 0 Å². The maximum atomic E-state index is 13.9. The zero-order valence-electron chi connectivity index (χ0n) is 12.2. The van der Waals surface area contributed by atoms with Crippen LogP contribution < -0.4 is 0 Å². The Morgan fingerprint density at radius 2 is 2.29 bits per heavy atom. The number of allylic oxidation sites excluding steroid dienone is 1. The molecule has 0 bridgehead atoms. The molecule has 0 N–H and O–H groups in total. The Bertz CT molecular complexity index is 575. The minimum absolute atomic E-state index is 0.128. The molecule has 21 heavy (non-hydrogen) atoms. The highest BCUT2D eigenvalue weighted by molar-refractivity contribution is 6.09. The van der Waals surface area contributed by atoms with Gasteiger partial charge in [0, 0.05) is 37.6 Å². The van der Waals surface area contributed by atoms with Gasteiger partial charge < -0.3 is 9.64 Å². The van der Waals surface area contributed by atoms with Gasteiger partial charge >= 0.3 is 0 Å². The molecule has 0 spiro atoms. The number of pyridine rings is 1. The molecule has 1 aromatic heterocycles. The molecule has 1 fully saturated rings. The second-order valence-electron chi connectivity index (χ2n) is 5.36. The summed E-state index contributed by atoms with van der Waals surface area (Å²) in [5, 5.41) is 0. The topological polar surface area (TPSA) is 41.0 Å². The van der Waals surface area contributed by atoms with Crippen molar-refractivity contribution in [3.05, 3.63) is 42.1 Å². The third kappa shape index (κ3) is 2.82. The first kappa shape index (κ1) is 14.2. The molecule has 2 atom stereocenters. The van der Waals surface area contributed by atoms with Gasteiger partial charge in [-0.15, -0.1) is 0 Å². The Kier molecular flexibility index (Phi) is 3.98. The summed E-state index contributed by atoms with van der Waals surface area (Å²) in [6, 6.07) is 1.94. The highest BCUT2D eigenvalue weighted by Gasteiger charge is 2.30. The molecule has 1 saturated heterocycles. The van der Waals surface area contributed by atoms with Crippen molar-refractivity contribution in [3.63, 3.8) is 0 Å². The summed E-state index contributed by atoms with van der Waals surface area (Å²) in [6.07, 6.45) is 6.45. The van der Waals surface area contributed by atoms with Crippen molar-refractivity contribution in [1.29, 1.82) is 0 Å². The van der Waals surface area contributed by atoms with Crippen LogP contribution in [0.5, 0.6) is 0 Å².